The summed E-state index contributed by atoms with van der Waals surface area (Å²) in [7, 11) is 1.34. The minimum Gasteiger partial charge on any atom is -0.491 e. The molecule has 2 atom stereocenters. The average Bonchev–Trinajstić information content (AvgIpc) is 2.70. The first kappa shape index (κ1) is 18.8. The lowest BCUT2D eigenvalue weighted by atomic mass is 10.0. The van der Waals surface area contributed by atoms with Crippen LogP contribution in [0.15, 0.2) is 53.4 Å². The average molecular weight is 373 g/mol. The van der Waals surface area contributed by atoms with Crippen LogP contribution in [0.3, 0.4) is 0 Å². The van der Waals surface area contributed by atoms with Crippen molar-refractivity contribution in [1.29, 1.82) is 0 Å². The smallest absolute Gasteiger partial charge is 0.337 e. The van der Waals surface area contributed by atoms with Gasteiger partial charge in [-0.05, 0) is 42.0 Å². The Morgan fingerprint density at radius 1 is 1.31 bits per heavy atom. The number of carbonyl (C=O) groups is 1. The molecule has 0 unspecified atom stereocenters. The molecular formula is C20H23NO4S. The highest BCUT2D eigenvalue weighted by molar-refractivity contribution is 7.99. The van der Waals surface area contributed by atoms with E-state index in [1.165, 1.54) is 17.6 Å². The van der Waals surface area contributed by atoms with E-state index < -0.39 is 12.1 Å². The molecule has 0 amide bonds. The maximum atomic E-state index is 11.5. The monoisotopic (exact) mass is 373 g/mol. The number of hydrogen-bond donors (Lipinski definition) is 2. The number of carbonyl (C=O) groups excluding carboxylic acids is 1. The second-order valence-electron chi connectivity index (χ2n) is 6.12. The Morgan fingerprint density at radius 3 is 3.00 bits per heavy atom. The number of methoxy groups -OCH3 is 1. The minimum atomic E-state index is -0.640. The van der Waals surface area contributed by atoms with E-state index in [9.17, 15) is 9.90 Å². The van der Waals surface area contributed by atoms with Gasteiger partial charge in [0.25, 0.3) is 0 Å². The van der Waals surface area contributed by atoms with Gasteiger partial charge in [-0.1, -0.05) is 24.3 Å². The van der Waals surface area contributed by atoms with E-state index >= 15 is 0 Å². The van der Waals surface area contributed by atoms with Crippen LogP contribution in [-0.4, -0.2) is 43.2 Å². The number of fused-ring (bicyclic) bond motifs is 1. The Labute approximate surface area is 157 Å². The molecular weight excluding hydrogens is 350 g/mol. The maximum absolute atomic E-state index is 11.5. The van der Waals surface area contributed by atoms with Crippen LogP contribution in [0.4, 0.5) is 0 Å². The van der Waals surface area contributed by atoms with Gasteiger partial charge in [0.15, 0.2) is 0 Å². The summed E-state index contributed by atoms with van der Waals surface area (Å²) in [5, 5.41) is 13.7. The van der Waals surface area contributed by atoms with E-state index in [1.807, 2.05) is 17.8 Å². The topological polar surface area (TPSA) is 67.8 Å². The molecule has 1 aliphatic rings. The predicted octanol–water partition coefficient (Wildman–Crippen LogP) is 3.04. The summed E-state index contributed by atoms with van der Waals surface area (Å²) in [6.07, 6.45) is 0.398. The number of rotatable bonds is 7. The van der Waals surface area contributed by atoms with Crippen LogP contribution >= 0.6 is 11.8 Å². The number of nitrogens with one attached hydrogen (secondary N) is 1. The van der Waals surface area contributed by atoms with Crippen LogP contribution in [0.2, 0.25) is 0 Å². The maximum Gasteiger partial charge on any atom is 0.337 e. The molecule has 2 N–H and O–H groups in total. The van der Waals surface area contributed by atoms with Crippen molar-refractivity contribution in [2.75, 3.05) is 26.0 Å². The summed E-state index contributed by atoms with van der Waals surface area (Å²) in [4.78, 5) is 12.9. The number of aliphatic hydroxyl groups excluding tert-OH is 1. The Morgan fingerprint density at radius 2 is 2.15 bits per heavy atom. The molecule has 0 radical (unpaired) electrons. The third-order valence-electron chi connectivity index (χ3n) is 4.26. The van der Waals surface area contributed by atoms with Crippen molar-refractivity contribution in [3.05, 3.63) is 59.7 Å². The molecule has 0 aromatic heterocycles. The molecule has 1 aliphatic heterocycles. The highest BCUT2D eigenvalue weighted by atomic mass is 32.2. The lowest BCUT2D eigenvalue weighted by Crippen LogP contribution is -2.35. The Kier molecular flexibility index (Phi) is 6.55. The molecule has 0 aliphatic carbocycles. The first-order valence-corrected chi connectivity index (χ1v) is 9.60. The molecule has 2 aromatic rings. The van der Waals surface area contributed by atoms with Crippen molar-refractivity contribution in [1.82, 2.24) is 5.32 Å². The second kappa shape index (κ2) is 9.07. The molecule has 0 spiro atoms. The van der Waals surface area contributed by atoms with Gasteiger partial charge in [-0.25, -0.2) is 4.79 Å². The molecule has 26 heavy (non-hydrogen) atoms. The van der Waals surface area contributed by atoms with E-state index in [2.05, 4.69) is 23.5 Å². The summed E-state index contributed by atoms with van der Waals surface area (Å²) in [6, 6.07) is 15.4. The van der Waals surface area contributed by atoms with E-state index in [4.69, 9.17) is 9.47 Å². The molecule has 1 heterocycles. The van der Waals surface area contributed by atoms with Crippen molar-refractivity contribution in [3.8, 4) is 5.75 Å². The van der Waals surface area contributed by atoms with Crippen LogP contribution in [0.5, 0.6) is 5.75 Å². The Hall–Kier alpha value is -2.02. The van der Waals surface area contributed by atoms with Crippen LogP contribution in [0.1, 0.15) is 28.4 Å². The zero-order valence-electron chi connectivity index (χ0n) is 14.7. The SMILES string of the molecule is COC(=O)c1cccc(OC[C@H](O)CN[C@@H]2CCSc3ccccc32)c1. The fraction of sp³-hybridized carbons (Fsp3) is 0.350. The lowest BCUT2D eigenvalue weighted by molar-refractivity contribution is 0.0600. The number of thioether (sulfide) groups is 1. The summed E-state index contributed by atoms with van der Waals surface area (Å²) >= 11 is 1.87. The fourth-order valence-corrected chi connectivity index (χ4v) is 4.04. The first-order valence-electron chi connectivity index (χ1n) is 8.61. The Bertz CT molecular complexity index is 752. The van der Waals surface area contributed by atoms with Gasteiger partial charge >= 0.3 is 5.97 Å². The van der Waals surface area contributed by atoms with Gasteiger partial charge in [0, 0.05) is 17.5 Å². The Balaban J connectivity index is 1.50. The molecule has 5 nitrogen and oxygen atoms in total. The van der Waals surface area contributed by atoms with Crippen LogP contribution < -0.4 is 10.1 Å². The number of ether oxygens (including phenoxy) is 2. The van der Waals surface area contributed by atoms with E-state index in [0.29, 0.717) is 17.9 Å². The lowest BCUT2D eigenvalue weighted by Gasteiger charge is -2.27. The largest absolute Gasteiger partial charge is 0.491 e. The molecule has 0 saturated carbocycles. The second-order valence-corrected chi connectivity index (χ2v) is 7.26. The molecule has 0 fully saturated rings. The quantitative estimate of drug-likeness (QED) is 0.727. The normalized spacial score (nSPS) is 17.2. The van der Waals surface area contributed by atoms with Crippen LogP contribution in [0, 0.1) is 0 Å². The molecule has 0 bridgehead atoms. The molecule has 3 rings (SSSR count). The van der Waals surface area contributed by atoms with E-state index in [0.717, 1.165) is 12.2 Å². The van der Waals surface area contributed by atoms with Gasteiger partial charge in [0.05, 0.1) is 12.7 Å². The summed E-state index contributed by atoms with van der Waals surface area (Å²) < 4.78 is 10.3. The van der Waals surface area contributed by atoms with Crippen molar-refractivity contribution >= 4 is 17.7 Å². The molecule has 2 aromatic carbocycles. The highest BCUT2D eigenvalue weighted by Crippen LogP contribution is 2.35. The first-order chi connectivity index (χ1) is 12.7. The molecule has 6 heteroatoms. The van der Waals surface area contributed by atoms with Gasteiger partial charge in [-0.2, -0.15) is 0 Å². The zero-order valence-corrected chi connectivity index (χ0v) is 15.5. The summed E-state index contributed by atoms with van der Waals surface area (Å²) in [5.74, 6) is 1.19. The van der Waals surface area contributed by atoms with E-state index in [-0.39, 0.29) is 12.6 Å². The van der Waals surface area contributed by atoms with Crippen LogP contribution in [0.25, 0.3) is 0 Å². The van der Waals surface area contributed by atoms with E-state index in [1.54, 1.807) is 24.3 Å². The van der Waals surface area contributed by atoms with Gasteiger partial charge < -0.3 is 19.9 Å². The van der Waals surface area contributed by atoms with Crippen LogP contribution in [-0.2, 0) is 4.74 Å². The van der Waals surface area contributed by atoms with Crippen molar-refractivity contribution in [3.63, 3.8) is 0 Å². The number of hydrogen-bond acceptors (Lipinski definition) is 6. The third kappa shape index (κ3) is 4.78. The van der Waals surface area contributed by atoms with Gasteiger partial charge in [-0.3, -0.25) is 0 Å². The van der Waals surface area contributed by atoms with Crippen molar-refractivity contribution in [2.24, 2.45) is 0 Å². The number of aliphatic hydroxyl groups is 1. The predicted molar refractivity (Wildman–Crippen MR) is 102 cm³/mol. The molecule has 138 valence electrons. The summed E-state index contributed by atoms with van der Waals surface area (Å²) in [6.45, 7) is 0.598. The highest BCUT2D eigenvalue weighted by Gasteiger charge is 2.20. The standard InChI is InChI=1S/C20H23NO4S/c1-24-20(23)14-5-4-6-16(11-14)25-13-15(22)12-21-18-9-10-26-19-8-3-2-7-17(18)19/h2-8,11,15,18,21-22H,9-10,12-13H2,1H3/t15-,18-/m1/s1. The van der Waals surface area contributed by atoms with Crippen molar-refractivity contribution in [2.45, 2.75) is 23.5 Å². The van der Waals surface area contributed by atoms with Crippen molar-refractivity contribution < 1.29 is 19.4 Å². The minimum absolute atomic E-state index is 0.154. The zero-order chi connectivity index (χ0) is 18.4. The van der Waals surface area contributed by atoms with Gasteiger partial charge in [-0.15, -0.1) is 11.8 Å². The number of benzene rings is 2. The summed E-state index contributed by atoms with van der Waals surface area (Å²) in [5.41, 5.74) is 1.72. The third-order valence-corrected chi connectivity index (χ3v) is 5.38. The van der Waals surface area contributed by atoms with Gasteiger partial charge in [0.1, 0.15) is 18.5 Å². The molecule has 0 saturated heterocycles. The number of esters is 1. The van der Waals surface area contributed by atoms with Gasteiger partial charge in [0.2, 0.25) is 0 Å². The fourth-order valence-electron chi connectivity index (χ4n) is 2.91.